The van der Waals surface area contributed by atoms with E-state index in [1.807, 2.05) is 0 Å². The molecule has 21 heavy (non-hydrogen) atoms. The van der Waals surface area contributed by atoms with Crippen LogP contribution < -0.4 is 11.1 Å². The van der Waals surface area contributed by atoms with Crippen molar-refractivity contribution >= 4 is 5.96 Å². The van der Waals surface area contributed by atoms with Crippen molar-refractivity contribution in [3.63, 3.8) is 0 Å². The maximum Gasteiger partial charge on any atom is 0.188 e. The van der Waals surface area contributed by atoms with Gasteiger partial charge in [0.2, 0.25) is 0 Å². The smallest absolute Gasteiger partial charge is 0.188 e. The molecule has 3 N–H and O–H groups in total. The van der Waals surface area contributed by atoms with Gasteiger partial charge in [-0.1, -0.05) is 32.6 Å². The predicted molar refractivity (Wildman–Crippen MR) is 90.5 cm³/mol. The minimum Gasteiger partial charge on any atom is -0.370 e. The third-order valence-corrected chi connectivity index (χ3v) is 5.04. The van der Waals surface area contributed by atoms with Crippen LogP contribution in [0.15, 0.2) is 4.99 Å². The Hall–Kier alpha value is -0.770. The summed E-state index contributed by atoms with van der Waals surface area (Å²) in [6.07, 6.45) is 10.6. The van der Waals surface area contributed by atoms with Gasteiger partial charge in [-0.05, 0) is 45.1 Å². The number of guanidine groups is 1. The lowest BCUT2D eigenvalue weighted by molar-refractivity contribution is 0.142. The van der Waals surface area contributed by atoms with Crippen molar-refractivity contribution in [3.05, 3.63) is 0 Å². The van der Waals surface area contributed by atoms with Crippen LogP contribution in [-0.2, 0) is 0 Å². The summed E-state index contributed by atoms with van der Waals surface area (Å²) in [4.78, 5) is 7.16. The lowest BCUT2D eigenvalue weighted by atomic mass is 9.99. The quantitative estimate of drug-likeness (QED) is 0.476. The maximum atomic E-state index is 6.08. The monoisotopic (exact) mass is 294 g/mol. The van der Waals surface area contributed by atoms with E-state index in [-0.39, 0.29) is 0 Å². The molecule has 1 aliphatic heterocycles. The van der Waals surface area contributed by atoms with Crippen molar-refractivity contribution in [1.29, 1.82) is 0 Å². The fourth-order valence-corrected chi connectivity index (χ4v) is 3.65. The van der Waals surface area contributed by atoms with Gasteiger partial charge in [0.05, 0.1) is 6.54 Å². The molecule has 0 radical (unpaired) electrons. The molecular weight excluding hydrogens is 260 g/mol. The zero-order chi connectivity index (χ0) is 15.1. The van der Waals surface area contributed by atoms with Crippen LogP contribution in [0.4, 0.5) is 0 Å². The first-order chi connectivity index (χ1) is 10.1. The highest BCUT2D eigenvalue weighted by atomic mass is 15.2. The van der Waals surface area contributed by atoms with E-state index in [4.69, 9.17) is 5.73 Å². The van der Waals surface area contributed by atoms with Crippen LogP contribution in [0.3, 0.4) is 0 Å². The van der Waals surface area contributed by atoms with Crippen molar-refractivity contribution in [2.45, 2.75) is 77.3 Å². The summed E-state index contributed by atoms with van der Waals surface area (Å²) in [5.41, 5.74) is 6.08. The van der Waals surface area contributed by atoms with Crippen molar-refractivity contribution < 1.29 is 0 Å². The summed E-state index contributed by atoms with van der Waals surface area (Å²) in [5, 5.41) is 3.44. The highest BCUT2D eigenvalue weighted by Gasteiger charge is 2.20. The predicted octanol–water partition coefficient (Wildman–Crippen LogP) is 2.73. The molecule has 1 saturated heterocycles. The van der Waals surface area contributed by atoms with E-state index in [0.717, 1.165) is 12.5 Å². The Morgan fingerprint density at radius 2 is 1.90 bits per heavy atom. The van der Waals surface area contributed by atoms with E-state index in [0.29, 0.717) is 18.0 Å². The minimum absolute atomic E-state index is 0.502. The van der Waals surface area contributed by atoms with Crippen LogP contribution in [0.5, 0.6) is 0 Å². The Morgan fingerprint density at radius 1 is 1.19 bits per heavy atom. The average Bonchev–Trinajstić information content (AvgIpc) is 2.73. The van der Waals surface area contributed by atoms with E-state index in [2.05, 4.69) is 29.1 Å². The number of nitrogens with one attached hydrogen (secondary N) is 1. The molecule has 2 unspecified atom stereocenters. The first-order valence-corrected chi connectivity index (χ1v) is 8.95. The number of hydrogen-bond acceptors (Lipinski definition) is 2. The molecule has 1 saturated carbocycles. The van der Waals surface area contributed by atoms with Crippen LogP contribution in [-0.4, -0.2) is 42.6 Å². The molecule has 0 amide bonds. The maximum absolute atomic E-state index is 6.08. The second-order valence-electron chi connectivity index (χ2n) is 7.15. The molecule has 0 spiro atoms. The molecule has 1 heterocycles. The SMILES string of the molecule is CC1CCCN(C(C)CN=C(N)NC2CCCCCC2)C1. The summed E-state index contributed by atoms with van der Waals surface area (Å²) in [5.74, 6) is 1.48. The molecule has 0 aromatic rings. The average molecular weight is 294 g/mol. The van der Waals surface area contributed by atoms with Crippen molar-refractivity contribution in [2.75, 3.05) is 19.6 Å². The van der Waals surface area contributed by atoms with Crippen LogP contribution >= 0.6 is 0 Å². The summed E-state index contributed by atoms with van der Waals surface area (Å²) in [6.45, 7) is 7.88. The fourth-order valence-electron chi connectivity index (χ4n) is 3.65. The fraction of sp³-hybridized carbons (Fsp3) is 0.941. The number of nitrogens with zero attached hydrogens (tertiary/aromatic N) is 2. The topological polar surface area (TPSA) is 53.6 Å². The standard InChI is InChI=1S/C17H34N4/c1-14-8-7-11-21(13-14)15(2)12-19-17(18)20-16-9-5-3-4-6-10-16/h14-16H,3-13H2,1-2H3,(H3,18,19,20). The molecule has 2 atom stereocenters. The Kier molecular flexibility index (Phi) is 6.81. The third-order valence-electron chi connectivity index (χ3n) is 5.04. The molecule has 0 aromatic heterocycles. The minimum atomic E-state index is 0.502. The van der Waals surface area contributed by atoms with Gasteiger partial charge in [-0.15, -0.1) is 0 Å². The lowest BCUT2D eigenvalue weighted by Gasteiger charge is -2.35. The van der Waals surface area contributed by atoms with E-state index >= 15 is 0 Å². The molecule has 0 bridgehead atoms. The van der Waals surface area contributed by atoms with Crippen LogP contribution in [0.2, 0.25) is 0 Å². The summed E-state index contributed by atoms with van der Waals surface area (Å²) in [6, 6.07) is 1.05. The Labute approximate surface area is 130 Å². The van der Waals surface area contributed by atoms with Gasteiger partial charge in [-0.2, -0.15) is 0 Å². The van der Waals surface area contributed by atoms with E-state index in [9.17, 15) is 0 Å². The van der Waals surface area contributed by atoms with Crippen LogP contribution in [0.1, 0.15) is 65.2 Å². The molecule has 122 valence electrons. The molecule has 4 nitrogen and oxygen atoms in total. The zero-order valence-electron chi connectivity index (χ0n) is 14.0. The molecule has 0 aromatic carbocycles. The molecule has 2 fully saturated rings. The number of aliphatic imine (C=N–C) groups is 1. The summed E-state index contributed by atoms with van der Waals surface area (Å²) in [7, 11) is 0. The summed E-state index contributed by atoms with van der Waals surface area (Å²) < 4.78 is 0. The second-order valence-corrected chi connectivity index (χ2v) is 7.15. The number of piperidine rings is 1. The van der Waals surface area contributed by atoms with E-state index in [1.165, 1.54) is 64.5 Å². The van der Waals surface area contributed by atoms with Crippen LogP contribution in [0.25, 0.3) is 0 Å². The Balaban J connectivity index is 1.73. The van der Waals surface area contributed by atoms with E-state index < -0.39 is 0 Å². The largest absolute Gasteiger partial charge is 0.370 e. The van der Waals surface area contributed by atoms with Crippen molar-refractivity contribution in [1.82, 2.24) is 10.2 Å². The first kappa shape index (κ1) is 16.6. The Bertz CT molecular complexity index is 321. The highest BCUT2D eigenvalue weighted by Crippen LogP contribution is 2.18. The first-order valence-electron chi connectivity index (χ1n) is 8.95. The van der Waals surface area contributed by atoms with Gasteiger partial charge >= 0.3 is 0 Å². The highest BCUT2D eigenvalue weighted by molar-refractivity contribution is 5.78. The zero-order valence-corrected chi connectivity index (χ0v) is 14.0. The number of hydrogen-bond donors (Lipinski definition) is 2. The molecule has 2 aliphatic rings. The number of nitrogens with two attached hydrogens (primary N) is 1. The van der Waals surface area contributed by atoms with Gasteiger partial charge < -0.3 is 11.1 Å². The van der Waals surface area contributed by atoms with E-state index in [1.54, 1.807) is 0 Å². The normalized spacial score (nSPS) is 28.1. The third kappa shape index (κ3) is 5.85. The van der Waals surface area contributed by atoms with Gasteiger partial charge in [0.1, 0.15) is 0 Å². The van der Waals surface area contributed by atoms with Crippen molar-refractivity contribution in [2.24, 2.45) is 16.6 Å². The van der Waals surface area contributed by atoms with Gasteiger partial charge in [0, 0.05) is 18.6 Å². The number of rotatable bonds is 4. The molecule has 2 rings (SSSR count). The van der Waals surface area contributed by atoms with Crippen LogP contribution in [0, 0.1) is 5.92 Å². The number of likely N-dealkylation sites (tertiary alicyclic amines) is 1. The molecular formula is C17H34N4. The molecule has 1 aliphatic carbocycles. The summed E-state index contributed by atoms with van der Waals surface area (Å²) >= 11 is 0. The molecule has 4 heteroatoms. The lowest BCUT2D eigenvalue weighted by Crippen LogP contribution is -2.44. The van der Waals surface area contributed by atoms with Crippen molar-refractivity contribution in [3.8, 4) is 0 Å². The van der Waals surface area contributed by atoms with Gasteiger partial charge in [0.15, 0.2) is 5.96 Å². The van der Waals surface area contributed by atoms with Gasteiger partial charge in [-0.3, -0.25) is 9.89 Å². The van der Waals surface area contributed by atoms with Gasteiger partial charge in [0.25, 0.3) is 0 Å². The van der Waals surface area contributed by atoms with Gasteiger partial charge in [-0.25, -0.2) is 0 Å². The second kappa shape index (κ2) is 8.62. The Morgan fingerprint density at radius 3 is 2.57 bits per heavy atom.